The molecule has 1 aromatic heterocycles. The van der Waals surface area contributed by atoms with E-state index < -0.39 is 0 Å². The minimum atomic E-state index is -0.301. The van der Waals surface area contributed by atoms with E-state index in [-0.39, 0.29) is 18.6 Å². The zero-order valence-corrected chi connectivity index (χ0v) is 12.0. The first-order valence-corrected chi connectivity index (χ1v) is 7.13. The van der Waals surface area contributed by atoms with Crippen molar-refractivity contribution in [2.75, 3.05) is 19.0 Å². The zero-order valence-electron chi connectivity index (χ0n) is 11.2. The third-order valence-electron chi connectivity index (χ3n) is 2.82. The van der Waals surface area contributed by atoms with Crippen LogP contribution < -0.4 is 10.6 Å². The van der Waals surface area contributed by atoms with Gasteiger partial charge in [0.25, 0.3) is 5.91 Å². The van der Waals surface area contributed by atoms with Gasteiger partial charge in [0.15, 0.2) is 5.13 Å². The molecule has 1 aromatic carbocycles. The molecule has 0 fully saturated rings. The fraction of sp³-hybridized carbons (Fsp3) is 0.286. The SMILES string of the molecule is CNc1ncc(C(=O)NC(CO)Cc2ccccc2)s1. The van der Waals surface area contributed by atoms with Crippen molar-refractivity contribution >= 4 is 22.4 Å². The lowest BCUT2D eigenvalue weighted by Gasteiger charge is -2.15. The number of carbonyl (C=O) groups excluding carboxylic acids is 1. The molecule has 0 aliphatic rings. The number of aliphatic hydroxyl groups excluding tert-OH is 1. The smallest absolute Gasteiger partial charge is 0.263 e. The summed E-state index contributed by atoms with van der Waals surface area (Å²) in [5.41, 5.74) is 1.08. The van der Waals surface area contributed by atoms with E-state index in [1.54, 1.807) is 7.05 Å². The Balaban J connectivity index is 1.97. The lowest BCUT2D eigenvalue weighted by Crippen LogP contribution is -2.38. The molecule has 5 nitrogen and oxygen atoms in total. The molecule has 2 aromatic rings. The molecule has 0 spiro atoms. The molecule has 0 radical (unpaired) electrons. The summed E-state index contributed by atoms with van der Waals surface area (Å²) in [5.74, 6) is -0.209. The Morgan fingerprint density at radius 2 is 2.15 bits per heavy atom. The molecule has 0 bridgehead atoms. The first-order valence-electron chi connectivity index (χ1n) is 6.32. The molecule has 0 saturated carbocycles. The van der Waals surface area contributed by atoms with Crippen molar-refractivity contribution in [3.05, 3.63) is 47.0 Å². The second kappa shape index (κ2) is 7.02. The number of rotatable bonds is 6. The molecule has 3 N–H and O–H groups in total. The fourth-order valence-electron chi connectivity index (χ4n) is 1.81. The maximum Gasteiger partial charge on any atom is 0.263 e. The van der Waals surface area contributed by atoms with Crippen LogP contribution in [0.5, 0.6) is 0 Å². The number of benzene rings is 1. The van der Waals surface area contributed by atoms with Crippen LogP contribution in [0.4, 0.5) is 5.13 Å². The summed E-state index contributed by atoms with van der Waals surface area (Å²) in [6.07, 6.45) is 2.13. The highest BCUT2D eigenvalue weighted by atomic mass is 32.1. The molecule has 106 valence electrons. The van der Waals surface area contributed by atoms with Gasteiger partial charge in [-0.25, -0.2) is 4.98 Å². The van der Waals surface area contributed by atoms with Crippen molar-refractivity contribution in [3.63, 3.8) is 0 Å². The van der Waals surface area contributed by atoms with E-state index in [0.29, 0.717) is 16.4 Å². The van der Waals surface area contributed by atoms with Crippen LogP contribution in [0.2, 0.25) is 0 Å². The van der Waals surface area contributed by atoms with E-state index in [0.717, 1.165) is 5.56 Å². The number of aliphatic hydroxyl groups is 1. The number of nitrogens with zero attached hydrogens (tertiary/aromatic N) is 1. The molecule has 1 heterocycles. The Labute approximate surface area is 121 Å². The number of carbonyl (C=O) groups is 1. The number of aromatic nitrogens is 1. The second-order valence-corrected chi connectivity index (χ2v) is 5.35. The maximum absolute atomic E-state index is 12.1. The Morgan fingerprint density at radius 1 is 1.40 bits per heavy atom. The zero-order chi connectivity index (χ0) is 14.4. The van der Waals surface area contributed by atoms with Crippen LogP contribution in [0.3, 0.4) is 0 Å². The summed E-state index contributed by atoms with van der Waals surface area (Å²) in [4.78, 5) is 16.6. The molecule has 2 rings (SSSR count). The van der Waals surface area contributed by atoms with Crippen LogP contribution >= 0.6 is 11.3 Å². The van der Waals surface area contributed by atoms with E-state index in [2.05, 4.69) is 15.6 Å². The van der Waals surface area contributed by atoms with Crippen molar-refractivity contribution in [1.29, 1.82) is 0 Å². The summed E-state index contributed by atoms with van der Waals surface area (Å²) < 4.78 is 0. The van der Waals surface area contributed by atoms with Gasteiger partial charge in [-0.2, -0.15) is 0 Å². The molecule has 1 unspecified atom stereocenters. The average Bonchev–Trinajstić information content (AvgIpc) is 2.96. The fourth-order valence-corrected chi connectivity index (χ4v) is 2.48. The van der Waals surface area contributed by atoms with Crippen molar-refractivity contribution in [2.24, 2.45) is 0 Å². The van der Waals surface area contributed by atoms with E-state index >= 15 is 0 Å². The Hall–Kier alpha value is -1.92. The van der Waals surface area contributed by atoms with Gasteiger partial charge in [0, 0.05) is 7.05 Å². The number of anilines is 1. The van der Waals surface area contributed by atoms with Gasteiger partial charge in [-0.05, 0) is 12.0 Å². The lowest BCUT2D eigenvalue weighted by molar-refractivity contribution is 0.0920. The van der Waals surface area contributed by atoms with Crippen LogP contribution in [0.15, 0.2) is 36.5 Å². The Morgan fingerprint density at radius 3 is 2.75 bits per heavy atom. The monoisotopic (exact) mass is 291 g/mol. The molecule has 1 amide bonds. The highest BCUT2D eigenvalue weighted by Crippen LogP contribution is 2.17. The predicted octanol–water partition coefficient (Wildman–Crippen LogP) is 1.52. The molecule has 1 atom stereocenters. The number of amides is 1. The van der Waals surface area contributed by atoms with Crippen LogP contribution in [0.1, 0.15) is 15.2 Å². The van der Waals surface area contributed by atoms with Crippen LogP contribution in [-0.2, 0) is 6.42 Å². The number of thiazole rings is 1. The quantitative estimate of drug-likeness (QED) is 0.754. The van der Waals surface area contributed by atoms with E-state index in [1.165, 1.54) is 17.5 Å². The lowest BCUT2D eigenvalue weighted by atomic mass is 10.1. The first kappa shape index (κ1) is 14.5. The minimum absolute atomic E-state index is 0.0989. The van der Waals surface area contributed by atoms with Gasteiger partial charge >= 0.3 is 0 Å². The Kier molecular flexibility index (Phi) is 5.09. The number of hydrogen-bond acceptors (Lipinski definition) is 5. The van der Waals surface area contributed by atoms with Gasteiger partial charge in [0.1, 0.15) is 4.88 Å². The summed E-state index contributed by atoms with van der Waals surface area (Å²) in [5, 5.41) is 15.8. The van der Waals surface area contributed by atoms with Crippen molar-refractivity contribution in [2.45, 2.75) is 12.5 Å². The third kappa shape index (κ3) is 3.79. The topological polar surface area (TPSA) is 74.2 Å². The summed E-state index contributed by atoms with van der Waals surface area (Å²) >= 11 is 1.28. The third-order valence-corrected chi connectivity index (χ3v) is 3.84. The van der Waals surface area contributed by atoms with Crippen LogP contribution in [0, 0.1) is 0 Å². The Bertz CT molecular complexity index is 557. The van der Waals surface area contributed by atoms with Gasteiger partial charge < -0.3 is 15.7 Å². The first-order chi connectivity index (χ1) is 9.72. The normalized spacial score (nSPS) is 11.9. The van der Waals surface area contributed by atoms with Crippen LogP contribution in [-0.4, -0.2) is 35.7 Å². The largest absolute Gasteiger partial charge is 0.394 e. The van der Waals surface area contributed by atoms with E-state index in [9.17, 15) is 9.90 Å². The molecule has 0 aliphatic carbocycles. The van der Waals surface area contributed by atoms with E-state index in [4.69, 9.17) is 0 Å². The minimum Gasteiger partial charge on any atom is -0.394 e. The summed E-state index contributed by atoms with van der Waals surface area (Å²) in [6, 6.07) is 9.46. The average molecular weight is 291 g/mol. The highest BCUT2D eigenvalue weighted by Gasteiger charge is 2.15. The predicted molar refractivity (Wildman–Crippen MR) is 80.1 cm³/mol. The van der Waals surface area contributed by atoms with Gasteiger partial charge in [-0.1, -0.05) is 41.7 Å². The molecular formula is C14H17N3O2S. The number of hydrogen-bond donors (Lipinski definition) is 3. The van der Waals surface area contributed by atoms with Crippen LogP contribution in [0.25, 0.3) is 0 Å². The van der Waals surface area contributed by atoms with Gasteiger partial charge in [0.05, 0.1) is 18.8 Å². The molecule has 20 heavy (non-hydrogen) atoms. The van der Waals surface area contributed by atoms with Gasteiger partial charge in [-0.3, -0.25) is 4.79 Å². The van der Waals surface area contributed by atoms with Crippen molar-refractivity contribution < 1.29 is 9.90 Å². The highest BCUT2D eigenvalue weighted by molar-refractivity contribution is 7.17. The summed E-state index contributed by atoms with van der Waals surface area (Å²) in [7, 11) is 1.76. The standard InChI is InChI=1S/C14H17N3O2S/c1-15-14-16-8-12(20-14)13(19)17-11(9-18)7-10-5-3-2-4-6-10/h2-6,8,11,18H,7,9H2,1H3,(H,15,16)(H,17,19). The molecule has 0 aliphatic heterocycles. The second-order valence-electron chi connectivity index (χ2n) is 4.32. The molecular weight excluding hydrogens is 274 g/mol. The summed E-state index contributed by atoms with van der Waals surface area (Å²) in [6.45, 7) is -0.0989. The maximum atomic E-state index is 12.1. The van der Waals surface area contributed by atoms with Crippen molar-refractivity contribution in [1.82, 2.24) is 10.3 Å². The molecule has 0 saturated heterocycles. The van der Waals surface area contributed by atoms with Gasteiger partial charge in [-0.15, -0.1) is 0 Å². The van der Waals surface area contributed by atoms with Crippen molar-refractivity contribution in [3.8, 4) is 0 Å². The van der Waals surface area contributed by atoms with Gasteiger partial charge in [0.2, 0.25) is 0 Å². The van der Waals surface area contributed by atoms with E-state index in [1.807, 2.05) is 30.3 Å². The molecule has 6 heteroatoms. The number of nitrogens with one attached hydrogen (secondary N) is 2.